The van der Waals surface area contributed by atoms with Gasteiger partial charge in [-0.1, -0.05) is 0 Å². The monoisotopic (exact) mass is 239 g/mol. The first-order valence-electron chi connectivity index (χ1n) is 6.26. The average molecular weight is 239 g/mol. The number of nitrogens with one attached hydrogen (secondary N) is 1. The third-order valence-electron chi connectivity index (χ3n) is 3.16. The molecule has 1 aliphatic rings. The highest BCUT2D eigenvalue weighted by Crippen LogP contribution is 2.15. The second-order valence-corrected chi connectivity index (χ2v) is 4.63. The number of aliphatic hydroxyl groups is 1. The molecule has 0 radical (unpaired) electrons. The van der Waals surface area contributed by atoms with Crippen LogP contribution in [0.4, 0.5) is 0 Å². The summed E-state index contributed by atoms with van der Waals surface area (Å²) in [7, 11) is 0. The van der Waals surface area contributed by atoms with Gasteiger partial charge in [0, 0.05) is 31.6 Å². The zero-order valence-electron chi connectivity index (χ0n) is 10.2. The minimum absolute atomic E-state index is 0.296. The van der Waals surface area contributed by atoms with Crippen molar-refractivity contribution in [3.05, 3.63) is 18.5 Å². The van der Waals surface area contributed by atoms with Crippen LogP contribution in [0.1, 0.15) is 19.8 Å². The van der Waals surface area contributed by atoms with E-state index in [0.29, 0.717) is 25.2 Å². The number of hydrogen-bond acceptors (Lipinski definition) is 4. The smallest absolute Gasteiger partial charge is 0.0860 e. The molecule has 1 saturated heterocycles. The van der Waals surface area contributed by atoms with Crippen molar-refractivity contribution in [2.75, 3.05) is 13.2 Å². The van der Waals surface area contributed by atoms with Crippen molar-refractivity contribution in [2.45, 2.75) is 44.6 Å². The van der Waals surface area contributed by atoms with Crippen LogP contribution >= 0.6 is 0 Å². The van der Waals surface area contributed by atoms with Gasteiger partial charge in [-0.25, -0.2) is 0 Å². The number of ether oxygens (including phenoxy) is 1. The standard InChI is InChI=1S/C12H21N3O2/c1-10(12-4-2-7-17-12)13-8-11(16)9-15-6-3-5-14-15/h3,5-6,10-13,16H,2,4,7-9H2,1H3. The second-order valence-electron chi connectivity index (χ2n) is 4.63. The van der Waals surface area contributed by atoms with Crippen LogP contribution in [0.25, 0.3) is 0 Å². The zero-order chi connectivity index (χ0) is 12.1. The van der Waals surface area contributed by atoms with Crippen LogP contribution in [0.5, 0.6) is 0 Å². The van der Waals surface area contributed by atoms with E-state index in [9.17, 15) is 5.11 Å². The molecule has 1 aliphatic heterocycles. The Labute approximate surface area is 102 Å². The Hall–Kier alpha value is -0.910. The molecule has 2 heterocycles. The van der Waals surface area contributed by atoms with Gasteiger partial charge in [-0.05, 0) is 25.8 Å². The lowest BCUT2D eigenvalue weighted by molar-refractivity contribution is 0.0741. The predicted molar refractivity (Wildman–Crippen MR) is 64.7 cm³/mol. The first-order chi connectivity index (χ1) is 8.25. The molecule has 5 heteroatoms. The van der Waals surface area contributed by atoms with Crippen molar-refractivity contribution in [1.29, 1.82) is 0 Å². The van der Waals surface area contributed by atoms with Gasteiger partial charge in [0.2, 0.25) is 0 Å². The van der Waals surface area contributed by atoms with Gasteiger partial charge in [0.25, 0.3) is 0 Å². The molecule has 1 aromatic rings. The van der Waals surface area contributed by atoms with E-state index >= 15 is 0 Å². The molecule has 2 N–H and O–H groups in total. The fourth-order valence-corrected chi connectivity index (χ4v) is 2.14. The van der Waals surface area contributed by atoms with Gasteiger partial charge >= 0.3 is 0 Å². The molecule has 17 heavy (non-hydrogen) atoms. The van der Waals surface area contributed by atoms with E-state index in [2.05, 4.69) is 17.3 Å². The van der Waals surface area contributed by atoms with E-state index in [-0.39, 0.29) is 0 Å². The van der Waals surface area contributed by atoms with Crippen LogP contribution in [-0.2, 0) is 11.3 Å². The molecule has 96 valence electrons. The Balaban J connectivity index is 1.66. The van der Waals surface area contributed by atoms with E-state index in [1.807, 2.05) is 12.3 Å². The number of rotatable bonds is 6. The van der Waals surface area contributed by atoms with E-state index < -0.39 is 6.10 Å². The van der Waals surface area contributed by atoms with E-state index in [1.54, 1.807) is 10.9 Å². The minimum Gasteiger partial charge on any atom is -0.390 e. The highest BCUT2D eigenvalue weighted by Gasteiger charge is 2.22. The van der Waals surface area contributed by atoms with Crippen molar-refractivity contribution in [1.82, 2.24) is 15.1 Å². The molecule has 1 aromatic heterocycles. The summed E-state index contributed by atoms with van der Waals surface area (Å²) in [5.41, 5.74) is 0. The largest absolute Gasteiger partial charge is 0.390 e. The van der Waals surface area contributed by atoms with E-state index in [0.717, 1.165) is 19.4 Å². The zero-order valence-corrected chi connectivity index (χ0v) is 10.2. The second kappa shape index (κ2) is 6.14. The maximum absolute atomic E-state index is 9.85. The lowest BCUT2D eigenvalue weighted by atomic mass is 10.1. The van der Waals surface area contributed by atoms with Crippen molar-refractivity contribution >= 4 is 0 Å². The number of hydrogen-bond donors (Lipinski definition) is 2. The first-order valence-corrected chi connectivity index (χ1v) is 6.26. The van der Waals surface area contributed by atoms with Crippen LogP contribution < -0.4 is 5.32 Å². The summed E-state index contributed by atoms with van der Waals surface area (Å²) in [4.78, 5) is 0. The summed E-state index contributed by atoms with van der Waals surface area (Å²) in [6.07, 6.45) is 5.71. The van der Waals surface area contributed by atoms with Crippen LogP contribution in [0.2, 0.25) is 0 Å². The van der Waals surface area contributed by atoms with Gasteiger partial charge in [0.05, 0.1) is 18.8 Å². The number of nitrogens with zero attached hydrogens (tertiary/aromatic N) is 2. The normalized spacial score (nSPS) is 23.8. The third kappa shape index (κ3) is 3.80. The lowest BCUT2D eigenvalue weighted by Crippen LogP contribution is -2.42. The first kappa shape index (κ1) is 12.5. The van der Waals surface area contributed by atoms with Crippen LogP contribution in [-0.4, -0.2) is 46.3 Å². The Bertz CT molecular complexity index is 310. The van der Waals surface area contributed by atoms with Crippen molar-refractivity contribution < 1.29 is 9.84 Å². The minimum atomic E-state index is -0.418. The summed E-state index contributed by atoms with van der Waals surface area (Å²) < 4.78 is 7.33. The molecule has 3 atom stereocenters. The molecular formula is C12H21N3O2. The van der Waals surface area contributed by atoms with Gasteiger partial charge in [0.1, 0.15) is 0 Å². The summed E-state index contributed by atoms with van der Waals surface area (Å²) in [5.74, 6) is 0. The van der Waals surface area contributed by atoms with E-state index in [1.165, 1.54) is 0 Å². The Morgan fingerprint density at radius 2 is 2.53 bits per heavy atom. The van der Waals surface area contributed by atoms with Crippen LogP contribution in [0.15, 0.2) is 18.5 Å². The van der Waals surface area contributed by atoms with Gasteiger partial charge in [-0.15, -0.1) is 0 Å². The molecule has 0 spiro atoms. The van der Waals surface area contributed by atoms with Gasteiger partial charge in [0.15, 0.2) is 0 Å². The highest BCUT2D eigenvalue weighted by atomic mass is 16.5. The summed E-state index contributed by atoms with van der Waals surface area (Å²) >= 11 is 0. The van der Waals surface area contributed by atoms with Crippen molar-refractivity contribution in [3.63, 3.8) is 0 Å². The Kier molecular flexibility index (Phi) is 4.53. The van der Waals surface area contributed by atoms with Gasteiger partial charge in [-0.3, -0.25) is 4.68 Å². The summed E-state index contributed by atoms with van der Waals surface area (Å²) in [5, 5.41) is 17.2. The van der Waals surface area contributed by atoms with Gasteiger partial charge < -0.3 is 15.2 Å². The third-order valence-corrected chi connectivity index (χ3v) is 3.16. The maximum atomic E-state index is 9.85. The molecule has 2 rings (SSSR count). The molecule has 5 nitrogen and oxygen atoms in total. The fourth-order valence-electron chi connectivity index (χ4n) is 2.14. The van der Waals surface area contributed by atoms with Crippen molar-refractivity contribution in [3.8, 4) is 0 Å². The maximum Gasteiger partial charge on any atom is 0.0860 e. The molecule has 0 bridgehead atoms. The quantitative estimate of drug-likeness (QED) is 0.754. The fraction of sp³-hybridized carbons (Fsp3) is 0.750. The van der Waals surface area contributed by atoms with Gasteiger partial charge in [-0.2, -0.15) is 5.10 Å². The number of aliphatic hydroxyl groups excluding tert-OH is 1. The highest BCUT2D eigenvalue weighted by molar-refractivity contribution is 4.80. The van der Waals surface area contributed by atoms with Crippen LogP contribution in [0.3, 0.4) is 0 Å². The summed E-state index contributed by atoms with van der Waals surface area (Å²) in [6, 6.07) is 2.15. The Morgan fingerprint density at radius 3 is 3.18 bits per heavy atom. The topological polar surface area (TPSA) is 59.3 Å². The Morgan fingerprint density at radius 1 is 1.65 bits per heavy atom. The summed E-state index contributed by atoms with van der Waals surface area (Å²) in [6.45, 7) is 4.07. The predicted octanol–water partition coefficient (Wildman–Crippen LogP) is 0.401. The molecule has 0 aromatic carbocycles. The van der Waals surface area contributed by atoms with Crippen molar-refractivity contribution in [2.24, 2.45) is 0 Å². The number of aromatic nitrogens is 2. The molecule has 3 unspecified atom stereocenters. The van der Waals surface area contributed by atoms with E-state index in [4.69, 9.17) is 4.74 Å². The average Bonchev–Trinajstić information content (AvgIpc) is 2.97. The SMILES string of the molecule is CC(NCC(O)Cn1cccn1)C1CCCO1. The van der Waals surface area contributed by atoms with Crippen LogP contribution in [0, 0.1) is 0 Å². The lowest BCUT2D eigenvalue weighted by Gasteiger charge is -2.21. The molecule has 0 amide bonds. The molecule has 1 fully saturated rings. The molecule has 0 saturated carbocycles. The molecular weight excluding hydrogens is 218 g/mol. The molecule has 0 aliphatic carbocycles.